The second-order valence-corrected chi connectivity index (χ2v) is 5.27. The van der Waals surface area contributed by atoms with E-state index in [1.54, 1.807) is 21.1 Å². The number of Topliss-reactive ketones (excluding diaryl/α,β-unsaturated/α-hetero) is 1. The van der Waals surface area contributed by atoms with Crippen LogP contribution in [0.4, 0.5) is 0 Å². The first-order valence-corrected chi connectivity index (χ1v) is 6.87. The number of ether oxygens (including phenoxy) is 2. The van der Waals surface area contributed by atoms with E-state index in [4.69, 9.17) is 9.47 Å². The number of carbonyl (C=O) groups excluding carboxylic acids is 1. The number of hydrogen-bond acceptors (Lipinski definition) is 3. The highest BCUT2D eigenvalue weighted by atomic mass is 16.5. The highest BCUT2D eigenvalue weighted by Gasteiger charge is 2.40. The van der Waals surface area contributed by atoms with Crippen molar-refractivity contribution in [3.63, 3.8) is 0 Å². The zero-order valence-corrected chi connectivity index (χ0v) is 12.0. The quantitative estimate of drug-likeness (QED) is 0.833. The van der Waals surface area contributed by atoms with Crippen LogP contribution in [-0.4, -0.2) is 20.0 Å². The molecule has 3 heteroatoms. The van der Waals surface area contributed by atoms with Gasteiger partial charge in [0.25, 0.3) is 0 Å². The molecule has 0 atom stereocenters. The number of ketones is 1. The molecular formula is C16H22O3. The highest BCUT2D eigenvalue weighted by molar-refractivity contribution is 5.89. The molecule has 19 heavy (non-hydrogen) atoms. The molecule has 0 saturated heterocycles. The summed E-state index contributed by atoms with van der Waals surface area (Å²) in [6.07, 6.45) is 5.27. The van der Waals surface area contributed by atoms with E-state index in [-0.39, 0.29) is 11.2 Å². The zero-order chi connectivity index (χ0) is 13.9. The molecule has 1 aromatic rings. The molecule has 0 bridgehead atoms. The van der Waals surface area contributed by atoms with Crippen molar-refractivity contribution in [1.82, 2.24) is 0 Å². The lowest BCUT2D eigenvalue weighted by atomic mass is 9.67. The molecule has 2 rings (SSSR count). The third-order valence-corrected chi connectivity index (χ3v) is 4.31. The largest absolute Gasteiger partial charge is 0.497 e. The molecule has 0 heterocycles. The van der Waals surface area contributed by atoms with Gasteiger partial charge in [-0.25, -0.2) is 0 Å². The smallest absolute Gasteiger partial charge is 0.140 e. The summed E-state index contributed by atoms with van der Waals surface area (Å²) in [5.41, 5.74) is 0.651. The van der Waals surface area contributed by atoms with Gasteiger partial charge in [0.2, 0.25) is 0 Å². The van der Waals surface area contributed by atoms with Gasteiger partial charge in [0.05, 0.1) is 19.6 Å². The van der Waals surface area contributed by atoms with Crippen molar-refractivity contribution in [2.45, 2.75) is 44.4 Å². The molecule has 1 aliphatic carbocycles. The predicted octanol–water partition coefficient (Wildman–Crippen LogP) is 3.49. The molecule has 0 unspecified atom stereocenters. The van der Waals surface area contributed by atoms with Crippen molar-refractivity contribution in [2.75, 3.05) is 14.2 Å². The van der Waals surface area contributed by atoms with Gasteiger partial charge in [0.15, 0.2) is 0 Å². The molecule has 3 nitrogen and oxygen atoms in total. The van der Waals surface area contributed by atoms with Crippen molar-refractivity contribution >= 4 is 5.78 Å². The summed E-state index contributed by atoms with van der Waals surface area (Å²) in [6, 6.07) is 5.77. The predicted molar refractivity (Wildman–Crippen MR) is 75.0 cm³/mol. The van der Waals surface area contributed by atoms with Crippen LogP contribution in [0.5, 0.6) is 11.5 Å². The number of carbonyl (C=O) groups is 1. The lowest BCUT2D eigenvalue weighted by molar-refractivity contribution is -0.123. The van der Waals surface area contributed by atoms with Gasteiger partial charge >= 0.3 is 0 Å². The summed E-state index contributed by atoms with van der Waals surface area (Å²) < 4.78 is 10.7. The number of hydrogen-bond donors (Lipinski definition) is 0. The van der Waals surface area contributed by atoms with Gasteiger partial charge in [0, 0.05) is 11.6 Å². The van der Waals surface area contributed by atoms with E-state index in [0.29, 0.717) is 0 Å². The molecule has 0 radical (unpaired) electrons. The Labute approximate surface area is 114 Å². The van der Waals surface area contributed by atoms with Crippen LogP contribution >= 0.6 is 0 Å². The first-order chi connectivity index (χ1) is 9.14. The molecule has 1 saturated carbocycles. The topological polar surface area (TPSA) is 35.5 Å². The summed E-state index contributed by atoms with van der Waals surface area (Å²) in [5.74, 6) is 1.77. The van der Waals surface area contributed by atoms with E-state index in [0.717, 1.165) is 42.7 Å². The summed E-state index contributed by atoms with van der Waals surface area (Å²) in [6.45, 7) is 1.70. The Hall–Kier alpha value is -1.51. The normalized spacial score (nSPS) is 17.8. The number of rotatable bonds is 4. The molecule has 0 aliphatic heterocycles. The van der Waals surface area contributed by atoms with E-state index in [1.807, 2.05) is 18.2 Å². The summed E-state index contributed by atoms with van der Waals surface area (Å²) >= 11 is 0. The lowest BCUT2D eigenvalue weighted by Crippen LogP contribution is -2.36. The average Bonchev–Trinajstić information content (AvgIpc) is 2.47. The second-order valence-electron chi connectivity index (χ2n) is 5.27. The second kappa shape index (κ2) is 5.64. The monoisotopic (exact) mass is 262 g/mol. The Kier molecular flexibility index (Phi) is 4.13. The number of benzene rings is 1. The minimum atomic E-state index is -0.365. The third kappa shape index (κ3) is 2.46. The van der Waals surface area contributed by atoms with E-state index in [9.17, 15) is 4.79 Å². The van der Waals surface area contributed by atoms with Crippen LogP contribution in [0.1, 0.15) is 44.6 Å². The Morgan fingerprint density at radius 2 is 1.79 bits per heavy atom. The molecule has 104 valence electrons. The fourth-order valence-corrected chi connectivity index (χ4v) is 3.16. The highest BCUT2D eigenvalue weighted by Crippen LogP contribution is 2.44. The summed E-state index contributed by atoms with van der Waals surface area (Å²) in [5, 5.41) is 0. The lowest BCUT2D eigenvalue weighted by Gasteiger charge is -2.36. The van der Waals surface area contributed by atoms with Gasteiger partial charge in [0.1, 0.15) is 17.3 Å². The molecular weight excluding hydrogens is 240 g/mol. The molecule has 0 N–H and O–H groups in total. The van der Waals surface area contributed by atoms with Crippen LogP contribution in [-0.2, 0) is 10.2 Å². The molecule has 0 spiro atoms. The Balaban J connectivity index is 2.50. The third-order valence-electron chi connectivity index (χ3n) is 4.31. The van der Waals surface area contributed by atoms with Crippen LogP contribution in [0.3, 0.4) is 0 Å². The first-order valence-electron chi connectivity index (χ1n) is 6.87. The van der Waals surface area contributed by atoms with E-state index >= 15 is 0 Å². The van der Waals surface area contributed by atoms with Gasteiger partial charge in [-0.2, -0.15) is 0 Å². The first kappa shape index (κ1) is 13.9. The minimum Gasteiger partial charge on any atom is -0.497 e. The van der Waals surface area contributed by atoms with Crippen molar-refractivity contribution < 1.29 is 14.3 Å². The van der Waals surface area contributed by atoms with Crippen LogP contribution in [0.15, 0.2) is 18.2 Å². The standard InChI is InChI=1S/C16H22O3/c1-12(17)16(9-5-4-6-10-16)14-8-7-13(18-2)11-15(14)19-3/h7-8,11H,4-6,9-10H2,1-3H3. The maximum atomic E-state index is 12.3. The maximum absolute atomic E-state index is 12.3. The zero-order valence-electron chi connectivity index (χ0n) is 12.0. The SMILES string of the molecule is COc1ccc(C2(C(C)=O)CCCCC2)c(OC)c1. The van der Waals surface area contributed by atoms with Crippen molar-refractivity contribution in [3.8, 4) is 11.5 Å². The molecule has 1 aliphatic rings. The molecule has 0 amide bonds. The molecule has 1 fully saturated rings. The van der Waals surface area contributed by atoms with Gasteiger partial charge in [-0.05, 0) is 25.8 Å². The Morgan fingerprint density at radius 1 is 1.11 bits per heavy atom. The van der Waals surface area contributed by atoms with E-state index in [1.165, 1.54) is 6.42 Å². The van der Waals surface area contributed by atoms with Gasteiger partial charge in [-0.1, -0.05) is 25.3 Å². The average molecular weight is 262 g/mol. The number of methoxy groups -OCH3 is 2. The summed E-state index contributed by atoms with van der Waals surface area (Å²) in [4.78, 5) is 12.3. The van der Waals surface area contributed by atoms with Crippen molar-refractivity contribution in [2.24, 2.45) is 0 Å². The van der Waals surface area contributed by atoms with E-state index < -0.39 is 0 Å². The fourth-order valence-electron chi connectivity index (χ4n) is 3.16. The molecule has 1 aromatic carbocycles. The van der Waals surface area contributed by atoms with Gasteiger partial charge < -0.3 is 9.47 Å². The van der Waals surface area contributed by atoms with E-state index in [2.05, 4.69) is 0 Å². The summed E-state index contributed by atoms with van der Waals surface area (Å²) in [7, 11) is 3.28. The molecule has 0 aromatic heterocycles. The minimum absolute atomic E-state index is 0.246. The Bertz CT molecular complexity index is 459. The van der Waals surface area contributed by atoms with Crippen LogP contribution < -0.4 is 9.47 Å². The van der Waals surface area contributed by atoms with Crippen molar-refractivity contribution in [3.05, 3.63) is 23.8 Å². The Morgan fingerprint density at radius 3 is 2.32 bits per heavy atom. The van der Waals surface area contributed by atoms with Crippen LogP contribution in [0.25, 0.3) is 0 Å². The van der Waals surface area contributed by atoms with Gasteiger partial charge in [-0.15, -0.1) is 0 Å². The van der Waals surface area contributed by atoms with Crippen LogP contribution in [0, 0.1) is 0 Å². The van der Waals surface area contributed by atoms with Crippen molar-refractivity contribution in [1.29, 1.82) is 0 Å². The fraction of sp³-hybridized carbons (Fsp3) is 0.562. The van der Waals surface area contributed by atoms with Crippen LogP contribution in [0.2, 0.25) is 0 Å². The van der Waals surface area contributed by atoms with Gasteiger partial charge in [-0.3, -0.25) is 4.79 Å². The maximum Gasteiger partial charge on any atom is 0.140 e.